The summed E-state index contributed by atoms with van der Waals surface area (Å²) in [6.45, 7) is 5.72. The molecular formula is C14H20FNO2. The molecule has 1 aromatic carbocycles. The van der Waals surface area contributed by atoms with Crippen molar-refractivity contribution in [1.82, 2.24) is 5.32 Å². The van der Waals surface area contributed by atoms with Crippen molar-refractivity contribution >= 4 is 5.91 Å². The van der Waals surface area contributed by atoms with Crippen molar-refractivity contribution in [2.24, 2.45) is 5.92 Å². The van der Waals surface area contributed by atoms with E-state index in [1.165, 1.54) is 6.07 Å². The Bertz CT molecular complexity index is 420. The molecule has 2 atom stereocenters. The predicted octanol–water partition coefficient (Wildman–Crippen LogP) is 2.27. The highest BCUT2D eigenvalue weighted by atomic mass is 19.1. The molecule has 0 spiro atoms. The molecule has 1 rings (SSSR count). The van der Waals surface area contributed by atoms with Crippen LogP contribution in [0.2, 0.25) is 0 Å². The Morgan fingerprint density at radius 3 is 2.72 bits per heavy atom. The second-order valence-corrected chi connectivity index (χ2v) is 4.63. The van der Waals surface area contributed by atoms with Gasteiger partial charge < -0.3 is 10.4 Å². The number of aliphatic hydroxyl groups is 1. The minimum atomic E-state index is -0.575. The van der Waals surface area contributed by atoms with E-state index in [-0.39, 0.29) is 23.9 Å². The number of nitrogens with one attached hydrogen (secondary N) is 1. The standard InChI is InChI=1S/C14H20FNO2/c1-4-9(2)13(17)8-16-14(18)11-6-5-10(3)12(15)7-11/h5-7,9,13,17H,4,8H2,1-3H3,(H,16,18). The summed E-state index contributed by atoms with van der Waals surface area (Å²) in [6.07, 6.45) is 0.269. The molecule has 0 saturated carbocycles. The molecule has 0 aliphatic rings. The Morgan fingerprint density at radius 2 is 2.17 bits per heavy atom. The van der Waals surface area contributed by atoms with Crippen molar-refractivity contribution in [2.45, 2.75) is 33.3 Å². The molecule has 0 aliphatic carbocycles. The summed E-state index contributed by atoms with van der Waals surface area (Å²) in [5, 5.41) is 12.3. The van der Waals surface area contributed by atoms with E-state index >= 15 is 0 Å². The number of aryl methyl sites for hydroxylation is 1. The van der Waals surface area contributed by atoms with Gasteiger partial charge in [0.25, 0.3) is 5.91 Å². The molecule has 0 saturated heterocycles. The van der Waals surface area contributed by atoms with E-state index in [0.29, 0.717) is 5.56 Å². The van der Waals surface area contributed by atoms with Crippen LogP contribution in [0.3, 0.4) is 0 Å². The monoisotopic (exact) mass is 253 g/mol. The summed E-state index contributed by atoms with van der Waals surface area (Å²) < 4.78 is 13.3. The van der Waals surface area contributed by atoms with Gasteiger partial charge in [-0.1, -0.05) is 26.3 Å². The lowest BCUT2D eigenvalue weighted by atomic mass is 10.0. The number of carbonyl (C=O) groups is 1. The van der Waals surface area contributed by atoms with Gasteiger partial charge in [-0.15, -0.1) is 0 Å². The average Bonchev–Trinajstić information content (AvgIpc) is 2.37. The normalized spacial score (nSPS) is 14.1. The van der Waals surface area contributed by atoms with E-state index in [0.717, 1.165) is 6.42 Å². The Hall–Kier alpha value is -1.42. The predicted molar refractivity (Wildman–Crippen MR) is 68.9 cm³/mol. The fourth-order valence-corrected chi connectivity index (χ4v) is 1.51. The largest absolute Gasteiger partial charge is 0.391 e. The summed E-state index contributed by atoms with van der Waals surface area (Å²) in [5.41, 5.74) is 0.778. The second-order valence-electron chi connectivity index (χ2n) is 4.63. The van der Waals surface area contributed by atoms with Crippen LogP contribution in [-0.2, 0) is 0 Å². The van der Waals surface area contributed by atoms with Crippen LogP contribution < -0.4 is 5.32 Å². The van der Waals surface area contributed by atoms with Crippen LogP contribution in [0.1, 0.15) is 36.2 Å². The molecule has 0 heterocycles. The lowest BCUT2D eigenvalue weighted by Crippen LogP contribution is -2.35. The van der Waals surface area contributed by atoms with Crippen molar-refractivity contribution in [2.75, 3.05) is 6.54 Å². The first kappa shape index (κ1) is 14.6. The highest BCUT2D eigenvalue weighted by Crippen LogP contribution is 2.10. The van der Waals surface area contributed by atoms with Gasteiger partial charge in [-0.05, 0) is 30.5 Å². The zero-order valence-corrected chi connectivity index (χ0v) is 11.0. The number of aliphatic hydroxyl groups excluding tert-OH is 1. The van der Waals surface area contributed by atoms with Crippen LogP contribution in [0.15, 0.2) is 18.2 Å². The molecule has 18 heavy (non-hydrogen) atoms. The minimum absolute atomic E-state index is 0.125. The zero-order valence-electron chi connectivity index (χ0n) is 11.0. The quantitative estimate of drug-likeness (QED) is 0.845. The molecule has 1 aromatic rings. The highest BCUT2D eigenvalue weighted by molar-refractivity contribution is 5.94. The van der Waals surface area contributed by atoms with Gasteiger partial charge >= 0.3 is 0 Å². The first-order chi connectivity index (χ1) is 8.45. The molecule has 0 bridgehead atoms. The maximum Gasteiger partial charge on any atom is 0.251 e. The third kappa shape index (κ3) is 3.81. The number of halogens is 1. The van der Waals surface area contributed by atoms with E-state index < -0.39 is 11.9 Å². The molecule has 2 N–H and O–H groups in total. The van der Waals surface area contributed by atoms with Gasteiger partial charge in [-0.2, -0.15) is 0 Å². The lowest BCUT2D eigenvalue weighted by molar-refractivity contribution is 0.0850. The maximum absolute atomic E-state index is 13.3. The van der Waals surface area contributed by atoms with E-state index in [1.54, 1.807) is 19.1 Å². The van der Waals surface area contributed by atoms with Gasteiger partial charge in [-0.3, -0.25) is 4.79 Å². The number of hydrogen-bond donors (Lipinski definition) is 2. The van der Waals surface area contributed by atoms with Gasteiger partial charge in [0, 0.05) is 12.1 Å². The van der Waals surface area contributed by atoms with Gasteiger partial charge in [-0.25, -0.2) is 4.39 Å². The van der Waals surface area contributed by atoms with Crippen LogP contribution in [0.5, 0.6) is 0 Å². The van der Waals surface area contributed by atoms with Crippen LogP contribution in [-0.4, -0.2) is 23.7 Å². The van der Waals surface area contributed by atoms with Gasteiger partial charge in [0.05, 0.1) is 6.10 Å². The minimum Gasteiger partial charge on any atom is -0.391 e. The van der Waals surface area contributed by atoms with Gasteiger partial charge in [0.2, 0.25) is 0 Å². The van der Waals surface area contributed by atoms with Crippen LogP contribution in [0, 0.1) is 18.7 Å². The average molecular weight is 253 g/mol. The molecule has 3 nitrogen and oxygen atoms in total. The first-order valence-electron chi connectivity index (χ1n) is 6.18. The Balaban J connectivity index is 2.58. The van der Waals surface area contributed by atoms with Crippen molar-refractivity contribution in [1.29, 1.82) is 0 Å². The Labute approximate surface area is 107 Å². The highest BCUT2D eigenvalue weighted by Gasteiger charge is 2.14. The third-order valence-electron chi connectivity index (χ3n) is 3.21. The number of rotatable bonds is 5. The summed E-state index contributed by atoms with van der Waals surface area (Å²) in [5.74, 6) is -0.638. The van der Waals surface area contributed by atoms with Crippen molar-refractivity contribution < 1.29 is 14.3 Å². The number of benzene rings is 1. The SMILES string of the molecule is CCC(C)C(O)CNC(=O)c1ccc(C)c(F)c1. The van der Waals surface area contributed by atoms with E-state index in [2.05, 4.69) is 5.32 Å². The van der Waals surface area contributed by atoms with E-state index in [9.17, 15) is 14.3 Å². The smallest absolute Gasteiger partial charge is 0.251 e. The molecule has 4 heteroatoms. The van der Waals surface area contributed by atoms with Gasteiger partial charge in [0.1, 0.15) is 5.82 Å². The second kappa shape index (κ2) is 6.50. The first-order valence-corrected chi connectivity index (χ1v) is 6.18. The molecule has 0 aromatic heterocycles. The summed E-state index contributed by atoms with van der Waals surface area (Å²) >= 11 is 0. The fourth-order valence-electron chi connectivity index (χ4n) is 1.51. The van der Waals surface area contributed by atoms with Gasteiger partial charge in [0.15, 0.2) is 0 Å². The molecule has 0 fully saturated rings. The lowest BCUT2D eigenvalue weighted by Gasteiger charge is -2.17. The topological polar surface area (TPSA) is 49.3 Å². The van der Waals surface area contributed by atoms with Crippen molar-refractivity contribution in [3.05, 3.63) is 35.1 Å². The van der Waals surface area contributed by atoms with Crippen molar-refractivity contribution in [3.63, 3.8) is 0 Å². The van der Waals surface area contributed by atoms with Crippen LogP contribution >= 0.6 is 0 Å². The van der Waals surface area contributed by atoms with Crippen LogP contribution in [0.4, 0.5) is 4.39 Å². The third-order valence-corrected chi connectivity index (χ3v) is 3.21. The number of hydrogen-bond acceptors (Lipinski definition) is 2. The summed E-state index contributed by atoms with van der Waals surface area (Å²) in [4.78, 5) is 11.7. The molecule has 100 valence electrons. The van der Waals surface area contributed by atoms with Crippen LogP contribution in [0.25, 0.3) is 0 Å². The molecule has 2 unspecified atom stereocenters. The Kier molecular flexibility index (Phi) is 5.28. The number of carbonyl (C=O) groups excluding carboxylic acids is 1. The summed E-state index contributed by atoms with van der Waals surface area (Å²) in [7, 11) is 0. The fraction of sp³-hybridized carbons (Fsp3) is 0.500. The molecule has 0 aliphatic heterocycles. The summed E-state index contributed by atoms with van der Waals surface area (Å²) in [6, 6.07) is 4.35. The number of amides is 1. The maximum atomic E-state index is 13.3. The van der Waals surface area contributed by atoms with Crippen molar-refractivity contribution in [3.8, 4) is 0 Å². The molecule has 1 amide bonds. The van der Waals surface area contributed by atoms with E-state index in [1.807, 2.05) is 13.8 Å². The molecular weight excluding hydrogens is 233 g/mol. The zero-order chi connectivity index (χ0) is 13.7. The molecule has 0 radical (unpaired) electrons. The Morgan fingerprint density at radius 1 is 1.50 bits per heavy atom. The van der Waals surface area contributed by atoms with E-state index in [4.69, 9.17) is 0 Å².